The maximum atomic E-state index is 13.5. The van der Waals surface area contributed by atoms with Gasteiger partial charge in [-0.15, -0.1) is 0 Å². The maximum absolute atomic E-state index is 13.5. The van der Waals surface area contributed by atoms with E-state index in [-0.39, 0.29) is 17.8 Å². The lowest BCUT2D eigenvalue weighted by atomic mass is 10.2. The molecule has 0 aliphatic carbocycles. The molecule has 1 aromatic carbocycles. The quantitative estimate of drug-likeness (QED) is 0.209. The van der Waals surface area contributed by atoms with Gasteiger partial charge in [0.1, 0.15) is 11.4 Å². The number of carbonyl (C=O) groups excluding carboxylic acids is 1. The normalized spacial score (nSPS) is 10.5. The summed E-state index contributed by atoms with van der Waals surface area (Å²) in [6.07, 6.45) is 0.745. The van der Waals surface area contributed by atoms with E-state index in [4.69, 9.17) is 5.73 Å². The van der Waals surface area contributed by atoms with Gasteiger partial charge in [-0.3, -0.25) is 29.5 Å². The Morgan fingerprint density at radius 3 is 2.00 bits per heavy atom. The Kier molecular flexibility index (Phi) is 24.8. The molecule has 0 unspecified atom stereocenters. The standard InChI is InChI=1S/C18H17F3N6O.C2H7NS.2C2H6.CH5N/c1-11-15(25-8-7-24-11)10-26-17(14(9-23-2)18(19,20)21)27-13-5-3-12(4-6-13)16(22)28;1-3-4-2;3*1-2/h3-9H,2,10H2,1H3,(H2,22,28)(H,26,27);3H,1-2H3;2*1-2H3;2H2,1H3/b14-9+;;;;. The predicted octanol–water partition coefficient (Wildman–Crippen LogP) is 5.15. The van der Waals surface area contributed by atoms with Crippen LogP contribution >= 0.6 is 11.9 Å². The summed E-state index contributed by atoms with van der Waals surface area (Å²) in [4.78, 5) is 26.5. The van der Waals surface area contributed by atoms with E-state index in [2.05, 4.69) is 42.4 Å². The number of amidine groups is 1. The fourth-order valence-electron chi connectivity index (χ4n) is 2.15. The number of aryl methyl sites for hydroxylation is 1. The van der Waals surface area contributed by atoms with Gasteiger partial charge >= 0.3 is 6.18 Å². The second-order valence-corrected chi connectivity index (χ2v) is 6.77. The average Bonchev–Trinajstić information content (AvgIpc) is 2.93. The van der Waals surface area contributed by atoms with Crippen molar-refractivity contribution in [1.29, 1.82) is 0 Å². The van der Waals surface area contributed by atoms with Crippen LogP contribution in [0.3, 0.4) is 0 Å². The van der Waals surface area contributed by atoms with Gasteiger partial charge in [0.05, 0.1) is 17.9 Å². The molecule has 0 saturated carbocycles. The third kappa shape index (κ3) is 16.5. The van der Waals surface area contributed by atoms with Gasteiger partial charge in [-0.25, -0.2) is 0 Å². The highest BCUT2D eigenvalue weighted by Crippen LogP contribution is 2.28. The molecule has 9 nitrogen and oxygen atoms in total. The van der Waals surface area contributed by atoms with Crippen LogP contribution in [0.5, 0.6) is 0 Å². The van der Waals surface area contributed by atoms with E-state index in [1.165, 1.54) is 43.7 Å². The van der Waals surface area contributed by atoms with E-state index in [1.54, 1.807) is 18.9 Å². The molecule has 6 N–H and O–H groups in total. The van der Waals surface area contributed by atoms with Gasteiger partial charge in [0.15, 0.2) is 0 Å². The Labute approximate surface area is 228 Å². The number of hydrogen-bond acceptors (Lipinski definition) is 8. The first-order valence-electron chi connectivity index (χ1n) is 11.6. The molecular formula is C25H41F3N8OS. The zero-order valence-electron chi connectivity index (χ0n) is 23.3. The van der Waals surface area contributed by atoms with Crippen LogP contribution in [0.2, 0.25) is 0 Å². The Balaban J connectivity index is -0.00000108. The first kappa shape index (κ1) is 39.2. The summed E-state index contributed by atoms with van der Waals surface area (Å²) in [7, 11) is 3.39. The summed E-state index contributed by atoms with van der Waals surface area (Å²) in [5.74, 6) is -1.12. The highest BCUT2D eigenvalue weighted by atomic mass is 32.2. The lowest BCUT2D eigenvalue weighted by Crippen LogP contribution is -2.26. The van der Waals surface area contributed by atoms with E-state index in [0.717, 1.165) is 0 Å². The molecular weight excluding hydrogens is 517 g/mol. The fraction of sp³-hybridized carbons (Fsp3) is 0.400. The van der Waals surface area contributed by atoms with Crippen LogP contribution in [0, 0.1) is 6.92 Å². The van der Waals surface area contributed by atoms with Crippen LogP contribution in [0.15, 0.2) is 58.4 Å². The molecule has 38 heavy (non-hydrogen) atoms. The number of nitrogens with two attached hydrogens (primary N) is 2. The number of benzene rings is 1. The SMILES string of the molecule is C=N/C=C(\C(=NCc1nccnc1C)Nc1ccc(C(N)=O)cc1)C(F)(F)F.CC.CC.CN.CNSC. The molecule has 0 fully saturated rings. The van der Waals surface area contributed by atoms with Gasteiger partial charge in [0.2, 0.25) is 5.91 Å². The summed E-state index contributed by atoms with van der Waals surface area (Å²) in [6, 6.07) is 5.60. The van der Waals surface area contributed by atoms with Crippen molar-refractivity contribution in [1.82, 2.24) is 14.7 Å². The lowest BCUT2D eigenvalue weighted by Gasteiger charge is -2.16. The van der Waals surface area contributed by atoms with E-state index in [9.17, 15) is 18.0 Å². The molecule has 1 aromatic heterocycles. The van der Waals surface area contributed by atoms with Crippen LogP contribution in [0.4, 0.5) is 18.9 Å². The smallest absolute Gasteiger partial charge is 0.366 e. The first-order chi connectivity index (χ1) is 18.1. The number of anilines is 1. The Hall–Kier alpha value is -3.29. The van der Waals surface area contributed by atoms with Crippen LogP contribution in [0.1, 0.15) is 49.4 Å². The number of hydrogen-bond donors (Lipinski definition) is 4. The number of primary amides is 1. The minimum atomic E-state index is -4.72. The molecule has 0 aliphatic heterocycles. The first-order valence-corrected chi connectivity index (χ1v) is 12.8. The molecule has 13 heteroatoms. The molecule has 0 atom stereocenters. The number of amides is 1. The van der Waals surface area contributed by atoms with Crippen molar-refractivity contribution in [3.63, 3.8) is 0 Å². The number of rotatable bonds is 7. The van der Waals surface area contributed by atoms with E-state index >= 15 is 0 Å². The van der Waals surface area contributed by atoms with Gasteiger partial charge < -0.3 is 16.8 Å². The van der Waals surface area contributed by atoms with Crippen molar-refractivity contribution in [3.8, 4) is 0 Å². The van der Waals surface area contributed by atoms with Gasteiger partial charge in [-0.1, -0.05) is 39.6 Å². The Morgan fingerprint density at radius 2 is 1.61 bits per heavy atom. The number of nitrogens with zero attached hydrogens (tertiary/aromatic N) is 4. The summed E-state index contributed by atoms with van der Waals surface area (Å²) < 4.78 is 43.3. The van der Waals surface area contributed by atoms with Crippen molar-refractivity contribution >= 4 is 36.1 Å². The summed E-state index contributed by atoms with van der Waals surface area (Å²) in [6.45, 7) is 12.6. The lowest BCUT2D eigenvalue weighted by molar-refractivity contribution is -0.0862. The molecule has 0 spiro atoms. The van der Waals surface area contributed by atoms with Crippen molar-refractivity contribution in [3.05, 3.63) is 65.4 Å². The average molecular weight is 559 g/mol. The minimum Gasteiger partial charge on any atom is -0.366 e. The predicted molar refractivity (Wildman–Crippen MR) is 156 cm³/mol. The maximum Gasteiger partial charge on any atom is 0.421 e. The molecule has 2 aromatic rings. The summed E-state index contributed by atoms with van der Waals surface area (Å²) in [5.41, 5.74) is 10.0. The van der Waals surface area contributed by atoms with Crippen molar-refractivity contribution in [2.24, 2.45) is 21.5 Å². The molecule has 1 heterocycles. The fourth-order valence-corrected chi connectivity index (χ4v) is 2.15. The minimum absolute atomic E-state index is 0.133. The number of halogens is 3. The number of nitrogens with one attached hydrogen (secondary N) is 2. The van der Waals surface area contributed by atoms with Crippen LogP contribution in [0.25, 0.3) is 0 Å². The van der Waals surface area contributed by atoms with Crippen molar-refractivity contribution in [2.75, 3.05) is 25.7 Å². The molecule has 0 aliphatic rings. The van der Waals surface area contributed by atoms with E-state index < -0.39 is 23.5 Å². The van der Waals surface area contributed by atoms with Gasteiger partial charge in [0.25, 0.3) is 0 Å². The van der Waals surface area contributed by atoms with E-state index in [0.29, 0.717) is 17.6 Å². The number of aromatic nitrogens is 2. The largest absolute Gasteiger partial charge is 0.421 e. The van der Waals surface area contributed by atoms with Gasteiger partial charge in [0, 0.05) is 29.8 Å². The summed E-state index contributed by atoms with van der Waals surface area (Å²) in [5, 5.41) is 2.60. The van der Waals surface area contributed by atoms with E-state index in [1.807, 2.05) is 41.0 Å². The van der Waals surface area contributed by atoms with Crippen LogP contribution < -0.4 is 21.5 Å². The van der Waals surface area contributed by atoms with Crippen molar-refractivity contribution < 1.29 is 18.0 Å². The molecule has 2 rings (SSSR count). The number of aliphatic imine (C=N–C) groups is 2. The zero-order valence-corrected chi connectivity index (χ0v) is 24.2. The number of alkyl halides is 3. The van der Waals surface area contributed by atoms with Crippen molar-refractivity contribution in [2.45, 2.75) is 47.3 Å². The molecule has 214 valence electrons. The molecule has 1 amide bonds. The van der Waals surface area contributed by atoms with Gasteiger partial charge in [-0.05, 0) is 58.3 Å². The molecule has 0 radical (unpaired) electrons. The zero-order chi connectivity index (χ0) is 30.1. The highest BCUT2D eigenvalue weighted by Gasteiger charge is 2.37. The number of carbonyl (C=O) groups is 1. The Bertz CT molecular complexity index is 964. The van der Waals surface area contributed by atoms with Crippen LogP contribution in [-0.2, 0) is 6.54 Å². The van der Waals surface area contributed by atoms with Crippen LogP contribution in [-0.4, -0.2) is 55.0 Å². The summed E-state index contributed by atoms with van der Waals surface area (Å²) >= 11 is 1.61. The Morgan fingerprint density at radius 1 is 1.11 bits per heavy atom. The third-order valence-electron chi connectivity index (χ3n) is 3.79. The van der Waals surface area contributed by atoms with Gasteiger partial charge in [-0.2, -0.15) is 13.2 Å². The molecule has 0 saturated heterocycles. The monoisotopic (exact) mass is 558 g/mol. The highest BCUT2D eigenvalue weighted by molar-refractivity contribution is 7.96. The third-order valence-corrected chi connectivity index (χ3v) is 4.20. The topological polar surface area (TPSA) is 144 Å². The molecule has 0 bridgehead atoms. The second kappa shape index (κ2) is 24.1. The second-order valence-electron chi connectivity index (χ2n) is 5.95.